The van der Waals surface area contributed by atoms with E-state index < -0.39 is 6.04 Å². The third-order valence-corrected chi connectivity index (χ3v) is 6.31. The molecule has 2 aromatic rings. The summed E-state index contributed by atoms with van der Waals surface area (Å²) in [4.78, 5) is 28.7. The minimum absolute atomic E-state index is 0.00515. The highest BCUT2D eigenvalue weighted by Gasteiger charge is 2.38. The number of halogens is 1. The molecular weight excluding hydrogens is 404 g/mol. The van der Waals surface area contributed by atoms with Gasteiger partial charge >= 0.3 is 0 Å². The quantitative estimate of drug-likeness (QED) is 0.657. The van der Waals surface area contributed by atoms with Gasteiger partial charge in [-0.25, -0.2) is 0 Å². The second-order valence-electron chi connectivity index (χ2n) is 8.64. The van der Waals surface area contributed by atoms with Gasteiger partial charge in [-0.15, -0.1) is 11.3 Å². The molecule has 1 aliphatic heterocycles. The van der Waals surface area contributed by atoms with E-state index >= 15 is 0 Å². The summed E-state index contributed by atoms with van der Waals surface area (Å²) >= 11 is 7.41. The molecule has 2 heterocycles. The molecular formula is C23H29ClN2O2S. The minimum atomic E-state index is -0.410. The Morgan fingerprint density at radius 2 is 1.79 bits per heavy atom. The number of hydrogen-bond acceptors (Lipinski definition) is 3. The molecule has 2 atom stereocenters. The topological polar surface area (TPSA) is 49.4 Å². The maximum absolute atomic E-state index is 13.4. The molecule has 1 aliphatic rings. The van der Waals surface area contributed by atoms with Gasteiger partial charge in [0.1, 0.15) is 6.04 Å². The van der Waals surface area contributed by atoms with E-state index in [-0.39, 0.29) is 17.9 Å². The number of carbonyl (C=O) groups excluding carboxylic acids is 2. The van der Waals surface area contributed by atoms with Crippen LogP contribution in [0.5, 0.6) is 0 Å². The summed E-state index contributed by atoms with van der Waals surface area (Å²) in [5.74, 6) is 0.704. The van der Waals surface area contributed by atoms with E-state index in [2.05, 4.69) is 33.0 Å². The Labute approximate surface area is 182 Å². The SMILES string of the molecule is CC(C)C[C@H]1CN(C(=O)c2cc(-c3ccc(Cl)cc3)cs2)[C@@H](CC(C)C)C(=O)N1. The van der Waals surface area contributed by atoms with Crippen LogP contribution in [-0.2, 0) is 4.79 Å². The van der Waals surface area contributed by atoms with Gasteiger partial charge in [-0.3, -0.25) is 9.59 Å². The van der Waals surface area contributed by atoms with Crippen molar-refractivity contribution in [1.82, 2.24) is 10.2 Å². The van der Waals surface area contributed by atoms with Gasteiger partial charge in [-0.05, 0) is 59.4 Å². The molecule has 0 bridgehead atoms. The van der Waals surface area contributed by atoms with Crippen LogP contribution in [0.2, 0.25) is 5.02 Å². The van der Waals surface area contributed by atoms with E-state index in [1.807, 2.05) is 35.7 Å². The predicted octanol–water partition coefficient (Wildman–Crippen LogP) is 5.47. The van der Waals surface area contributed by atoms with Gasteiger partial charge in [0.25, 0.3) is 5.91 Å². The van der Waals surface area contributed by atoms with Gasteiger partial charge in [0.2, 0.25) is 5.91 Å². The molecule has 0 unspecified atom stereocenters. The van der Waals surface area contributed by atoms with Crippen LogP contribution in [0.15, 0.2) is 35.7 Å². The Bertz CT molecular complexity index is 860. The molecule has 1 saturated heterocycles. The Balaban J connectivity index is 1.85. The summed E-state index contributed by atoms with van der Waals surface area (Å²) in [6.07, 6.45) is 1.53. The molecule has 3 rings (SSSR count). The van der Waals surface area contributed by atoms with Gasteiger partial charge in [0.15, 0.2) is 0 Å². The van der Waals surface area contributed by atoms with Gasteiger partial charge in [0, 0.05) is 17.6 Å². The van der Waals surface area contributed by atoms with E-state index in [0.717, 1.165) is 17.5 Å². The standard InChI is InChI=1S/C23H29ClN2O2S/c1-14(2)9-19-12-26(20(10-15(3)4)22(27)25-19)23(28)21-11-17(13-29-21)16-5-7-18(24)8-6-16/h5-8,11,13-15,19-20H,9-10,12H2,1-4H3,(H,25,27)/t19-,20-/m0/s1. The molecule has 1 fully saturated rings. The Morgan fingerprint density at radius 3 is 2.41 bits per heavy atom. The summed E-state index contributed by atoms with van der Waals surface area (Å²) in [6.45, 7) is 9.00. The normalized spacial score (nSPS) is 19.7. The lowest BCUT2D eigenvalue weighted by Gasteiger charge is -2.40. The summed E-state index contributed by atoms with van der Waals surface area (Å²) in [5, 5.41) is 5.81. The number of nitrogens with one attached hydrogen (secondary N) is 1. The molecule has 1 aromatic carbocycles. The van der Waals surface area contributed by atoms with Crippen molar-refractivity contribution >= 4 is 34.8 Å². The molecule has 2 amide bonds. The maximum Gasteiger partial charge on any atom is 0.264 e. The van der Waals surface area contributed by atoms with Crippen LogP contribution in [0.3, 0.4) is 0 Å². The van der Waals surface area contributed by atoms with Gasteiger partial charge in [-0.2, -0.15) is 0 Å². The lowest BCUT2D eigenvalue weighted by atomic mass is 9.95. The van der Waals surface area contributed by atoms with Crippen LogP contribution in [-0.4, -0.2) is 35.3 Å². The maximum atomic E-state index is 13.4. The summed E-state index contributed by atoms with van der Waals surface area (Å²) < 4.78 is 0. The zero-order chi connectivity index (χ0) is 21.1. The van der Waals surface area contributed by atoms with Crippen LogP contribution < -0.4 is 5.32 Å². The number of piperazine rings is 1. The Morgan fingerprint density at radius 1 is 1.14 bits per heavy atom. The minimum Gasteiger partial charge on any atom is -0.350 e. The highest BCUT2D eigenvalue weighted by atomic mass is 35.5. The first-order valence-electron chi connectivity index (χ1n) is 10.2. The smallest absolute Gasteiger partial charge is 0.264 e. The molecule has 6 heteroatoms. The van der Waals surface area contributed by atoms with E-state index in [1.54, 1.807) is 4.90 Å². The Kier molecular flexibility index (Phi) is 7.01. The van der Waals surface area contributed by atoms with Crippen LogP contribution in [0.4, 0.5) is 0 Å². The number of rotatable bonds is 6. The van der Waals surface area contributed by atoms with Crippen molar-refractivity contribution in [2.45, 2.75) is 52.6 Å². The van der Waals surface area contributed by atoms with Crippen molar-refractivity contribution in [1.29, 1.82) is 0 Å². The molecule has 29 heavy (non-hydrogen) atoms. The second kappa shape index (κ2) is 9.31. The summed E-state index contributed by atoms with van der Waals surface area (Å²) in [7, 11) is 0. The van der Waals surface area contributed by atoms with Crippen molar-refractivity contribution < 1.29 is 9.59 Å². The molecule has 0 saturated carbocycles. The molecule has 0 radical (unpaired) electrons. The van der Waals surface area contributed by atoms with E-state index in [1.165, 1.54) is 11.3 Å². The molecule has 0 spiro atoms. The van der Waals surface area contributed by atoms with Crippen molar-refractivity contribution in [3.05, 3.63) is 45.6 Å². The largest absolute Gasteiger partial charge is 0.350 e. The molecule has 1 aromatic heterocycles. The first-order chi connectivity index (χ1) is 13.7. The molecule has 1 N–H and O–H groups in total. The number of nitrogens with zero attached hydrogens (tertiary/aromatic N) is 1. The fraction of sp³-hybridized carbons (Fsp3) is 0.478. The Hall–Kier alpha value is -1.85. The molecule has 156 valence electrons. The molecule has 4 nitrogen and oxygen atoms in total. The zero-order valence-electron chi connectivity index (χ0n) is 17.4. The van der Waals surface area contributed by atoms with Crippen molar-refractivity contribution in [3.63, 3.8) is 0 Å². The summed E-state index contributed by atoms with van der Waals surface area (Å²) in [6, 6.07) is 9.12. The number of amides is 2. The lowest BCUT2D eigenvalue weighted by Crippen LogP contribution is -2.62. The zero-order valence-corrected chi connectivity index (χ0v) is 19.0. The van der Waals surface area contributed by atoms with Crippen molar-refractivity contribution in [3.8, 4) is 11.1 Å². The van der Waals surface area contributed by atoms with Crippen molar-refractivity contribution in [2.24, 2.45) is 11.8 Å². The first kappa shape index (κ1) is 21.8. The van der Waals surface area contributed by atoms with Crippen LogP contribution in [0.1, 0.15) is 50.2 Å². The number of hydrogen-bond donors (Lipinski definition) is 1. The highest BCUT2D eigenvalue weighted by molar-refractivity contribution is 7.12. The third-order valence-electron chi connectivity index (χ3n) is 5.14. The van der Waals surface area contributed by atoms with Gasteiger partial charge < -0.3 is 10.2 Å². The number of carbonyl (C=O) groups is 2. The lowest BCUT2D eigenvalue weighted by molar-refractivity contribution is -0.130. The molecule has 0 aliphatic carbocycles. The van der Waals surface area contributed by atoms with Gasteiger partial charge in [-0.1, -0.05) is 51.4 Å². The average Bonchev–Trinajstić information content (AvgIpc) is 3.13. The highest BCUT2D eigenvalue weighted by Crippen LogP contribution is 2.29. The van der Waals surface area contributed by atoms with Crippen LogP contribution >= 0.6 is 22.9 Å². The van der Waals surface area contributed by atoms with E-state index in [4.69, 9.17) is 11.6 Å². The number of thiophene rings is 1. The first-order valence-corrected chi connectivity index (χ1v) is 11.5. The van der Waals surface area contributed by atoms with E-state index in [0.29, 0.717) is 34.7 Å². The number of benzene rings is 1. The van der Waals surface area contributed by atoms with E-state index in [9.17, 15) is 9.59 Å². The average molecular weight is 433 g/mol. The third kappa shape index (κ3) is 5.40. The fourth-order valence-corrected chi connectivity index (χ4v) is 4.84. The van der Waals surface area contributed by atoms with Crippen LogP contribution in [0, 0.1) is 11.8 Å². The van der Waals surface area contributed by atoms with Crippen molar-refractivity contribution in [2.75, 3.05) is 6.54 Å². The van der Waals surface area contributed by atoms with Gasteiger partial charge in [0.05, 0.1) is 4.88 Å². The predicted molar refractivity (Wildman–Crippen MR) is 120 cm³/mol. The summed E-state index contributed by atoms with van der Waals surface area (Å²) in [5.41, 5.74) is 2.02. The van der Waals surface area contributed by atoms with Crippen LogP contribution in [0.25, 0.3) is 11.1 Å². The fourth-order valence-electron chi connectivity index (χ4n) is 3.84. The second-order valence-corrected chi connectivity index (χ2v) is 9.99. The monoisotopic (exact) mass is 432 g/mol.